The standard InChI is InChI=1S/C17H14N2O10/c1-6-5-28-19(12(6)22)17(16(26)27)4-9(15(25)29-17)18-13(23)7-2-10(20)11(21)3-8(7)14(18)24/h2-3,6,9,20-21H,4-5H2,1H3,(H,26,27)/t6-,9-,17?/m0/s1. The molecule has 3 aliphatic heterocycles. The molecule has 3 heterocycles. The van der Waals surface area contributed by atoms with Gasteiger partial charge in [-0.25, -0.2) is 9.59 Å². The molecule has 0 aliphatic carbocycles. The van der Waals surface area contributed by atoms with Crippen molar-refractivity contribution < 1.29 is 48.9 Å². The maximum atomic E-state index is 12.7. The van der Waals surface area contributed by atoms with Gasteiger partial charge in [-0.2, -0.15) is 5.06 Å². The van der Waals surface area contributed by atoms with Gasteiger partial charge in [0.05, 0.1) is 30.1 Å². The van der Waals surface area contributed by atoms with Gasteiger partial charge in [0.2, 0.25) is 0 Å². The van der Waals surface area contributed by atoms with E-state index in [0.29, 0.717) is 9.96 Å². The van der Waals surface area contributed by atoms with E-state index in [2.05, 4.69) is 0 Å². The Bertz CT molecular complexity index is 963. The van der Waals surface area contributed by atoms with Crippen molar-refractivity contribution in [3.8, 4) is 11.5 Å². The van der Waals surface area contributed by atoms with E-state index in [1.165, 1.54) is 6.92 Å². The van der Waals surface area contributed by atoms with Crippen molar-refractivity contribution in [2.75, 3.05) is 6.61 Å². The number of carboxylic acid groups (broad SMARTS) is 1. The van der Waals surface area contributed by atoms with E-state index in [4.69, 9.17) is 9.57 Å². The van der Waals surface area contributed by atoms with E-state index < -0.39 is 65.3 Å². The second-order valence-electron chi connectivity index (χ2n) is 6.93. The molecule has 3 aliphatic rings. The third-order valence-electron chi connectivity index (χ3n) is 5.07. The number of aliphatic carboxylic acids is 1. The lowest BCUT2D eigenvalue weighted by atomic mass is 10.0. The summed E-state index contributed by atoms with van der Waals surface area (Å²) in [4.78, 5) is 67.6. The first-order chi connectivity index (χ1) is 13.6. The van der Waals surface area contributed by atoms with Crippen LogP contribution in [0, 0.1) is 5.92 Å². The Morgan fingerprint density at radius 3 is 2.10 bits per heavy atom. The Labute approximate surface area is 161 Å². The average Bonchev–Trinajstić information content (AvgIpc) is 3.24. The van der Waals surface area contributed by atoms with Crippen molar-refractivity contribution in [3.63, 3.8) is 0 Å². The topological polar surface area (TPSA) is 171 Å². The maximum absolute atomic E-state index is 12.7. The molecule has 0 spiro atoms. The van der Waals surface area contributed by atoms with Crippen molar-refractivity contribution in [2.45, 2.75) is 25.1 Å². The van der Waals surface area contributed by atoms with Crippen molar-refractivity contribution in [2.24, 2.45) is 5.92 Å². The summed E-state index contributed by atoms with van der Waals surface area (Å²) >= 11 is 0. The molecule has 29 heavy (non-hydrogen) atoms. The number of hydrogen-bond donors (Lipinski definition) is 3. The van der Waals surface area contributed by atoms with Crippen LogP contribution in [0.1, 0.15) is 34.1 Å². The number of carbonyl (C=O) groups is 5. The summed E-state index contributed by atoms with van der Waals surface area (Å²) in [6.07, 6.45) is -0.747. The van der Waals surface area contributed by atoms with Crippen LogP contribution in [0.4, 0.5) is 0 Å². The number of benzene rings is 1. The highest BCUT2D eigenvalue weighted by Crippen LogP contribution is 2.41. The van der Waals surface area contributed by atoms with Crippen LogP contribution in [0.2, 0.25) is 0 Å². The van der Waals surface area contributed by atoms with E-state index in [0.717, 1.165) is 12.1 Å². The van der Waals surface area contributed by atoms with E-state index in [1.807, 2.05) is 0 Å². The third kappa shape index (κ3) is 2.38. The number of aromatic hydroxyl groups is 2. The van der Waals surface area contributed by atoms with Gasteiger partial charge in [-0.1, -0.05) is 6.92 Å². The number of carbonyl (C=O) groups excluding carboxylic acids is 4. The first kappa shape index (κ1) is 18.7. The van der Waals surface area contributed by atoms with Crippen molar-refractivity contribution in [1.82, 2.24) is 9.96 Å². The van der Waals surface area contributed by atoms with Gasteiger partial charge in [-0.3, -0.25) is 24.1 Å². The number of hydroxylamine groups is 2. The zero-order valence-electron chi connectivity index (χ0n) is 14.8. The summed E-state index contributed by atoms with van der Waals surface area (Å²) in [5.74, 6) is -7.58. The fraction of sp³-hybridized carbons (Fsp3) is 0.353. The molecule has 4 rings (SSSR count). The van der Waals surface area contributed by atoms with Gasteiger partial charge in [0.15, 0.2) is 11.5 Å². The Balaban J connectivity index is 1.71. The Kier molecular flexibility index (Phi) is 3.81. The summed E-state index contributed by atoms with van der Waals surface area (Å²) in [5.41, 5.74) is -3.08. The van der Waals surface area contributed by atoms with Gasteiger partial charge in [0.1, 0.15) is 6.04 Å². The minimum atomic E-state index is -2.54. The molecule has 1 aromatic rings. The van der Waals surface area contributed by atoms with Gasteiger partial charge in [0.25, 0.3) is 17.7 Å². The molecular weight excluding hydrogens is 392 g/mol. The molecule has 0 radical (unpaired) electrons. The van der Waals surface area contributed by atoms with Crippen molar-refractivity contribution in [3.05, 3.63) is 23.3 Å². The number of ether oxygens (including phenoxy) is 1. The molecule has 3 atom stereocenters. The number of amides is 3. The normalized spacial score (nSPS) is 28.9. The number of cyclic esters (lactones) is 1. The summed E-state index contributed by atoms with van der Waals surface area (Å²) < 4.78 is 4.98. The molecule has 12 heteroatoms. The lowest BCUT2D eigenvalue weighted by Crippen LogP contribution is -2.55. The largest absolute Gasteiger partial charge is 0.504 e. The molecule has 1 aromatic carbocycles. The second kappa shape index (κ2) is 5.91. The number of carboxylic acids is 1. The molecule has 2 fully saturated rings. The van der Waals surface area contributed by atoms with Crippen LogP contribution in [0.25, 0.3) is 0 Å². The van der Waals surface area contributed by atoms with E-state index in [9.17, 15) is 39.3 Å². The molecule has 152 valence electrons. The predicted molar refractivity (Wildman–Crippen MR) is 87.1 cm³/mol. The number of esters is 1. The SMILES string of the molecule is C[C@H]1CON(C2(C(=O)O)C[C@H](N3C(=O)c4cc(O)c(O)cc4C3=O)C(=O)O2)C1=O. The van der Waals surface area contributed by atoms with Crippen LogP contribution in [0.3, 0.4) is 0 Å². The molecule has 3 amide bonds. The number of phenols is 2. The minimum Gasteiger partial charge on any atom is -0.504 e. The maximum Gasteiger partial charge on any atom is 0.372 e. The van der Waals surface area contributed by atoms with Crippen molar-refractivity contribution in [1.29, 1.82) is 0 Å². The molecule has 2 saturated heterocycles. The van der Waals surface area contributed by atoms with Crippen molar-refractivity contribution >= 4 is 29.7 Å². The highest BCUT2D eigenvalue weighted by Gasteiger charge is 2.64. The van der Waals surface area contributed by atoms with Crippen LogP contribution < -0.4 is 0 Å². The zero-order chi connectivity index (χ0) is 21.2. The Hall–Kier alpha value is -3.67. The fourth-order valence-electron chi connectivity index (χ4n) is 3.53. The molecule has 1 unspecified atom stereocenters. The predicted octanol–water partition coefficient (Wildman–Crippen LogP) is -0.800. The first-order valence-electron chi connectivity index (χ1n) is 8.45. The van der Waals surface area contributed by atoms with Crippen LogP contribution in [-0.2, 0) is 24.0 Å². The molecule has 3 N–H and O–H groups in total. The van der Waals surface area contributed by atoms with Gasteiger partial charge in [0, 0.05) is 0 Å². The van der Waals surface area contributed by atoms with Gasteiger partial charge in [-0.15, -0.1) is 0 Å². The van der Waals surface area contributed by atoms with Crippen LogP contribution in [0.5, 0.6) is 11.5 Å². The molecule has 0 saturated carbocycles. The molecule has 0 aromatic heterocycles. The third-order valence-corrected chi connectivity index (χ3v) is 5.07. The van der Waals surface area contributed by atoms with Gasteiger partial charge < -0.3 is 20.1 Å². The lowest BCUT2D eigenvalue weighted by Gasteiger charge is -2.30. The summed E-state index contributed by atoms with van der Waals surface area (Å²) in [7, 11) is 0. The summed E-state index contributed by atoms with van der Waals surface area (Å²) in [6, 6.07) is 0.0737. The van der Waals surface area contributed by atoms with E-state index >= 15 is 0 Å². The number of phenolic OH excluding ortho intramolecular Hbond substituents is 2. The number of hydrogen-bond acceptors (Lipinski definition) is 9. The number of imide groups is 1. The Morgan fingerprint density at radius 1 is 1.10 bits per heavy atom. The molecular formula is C17H14N2O10. The summed E-state index contributed by atoms with van der Waals surface area (Å²) in [5, 5.41) is 29.3. The molecule has 0 bridgehead atoms. The number of fused-ring (bicyclic) bond motifs is 1. The van der Waals surface area contributed by atoms with Gasteiger partial charge in [-0.05, 0) is 12.1 Å². The number of rotatable bonds is 3. The molecule has 12 nitrogen and oxygen atoms in total. The van der Waals surface area contributed by atoms with Crippen LogP contribution >= 0.6 is 0 Å². The smallest absolute Gasteiger partial charge is 0.372 e. The highest BCUT2D eigenvalue weighted by atomic mass is 16.7. The zero-order valence-corrected chi connectivity index (χ0v) is 14.8. The first-order valence-corrected chi connectivity index (χ1v) is 8.45. The monoisotopic (exact) mass is 406 g/mol. The minimum absolute atomic E-state index is 0.123. The number of nitrogens with zero attached hydrogens (tertiary/aromatic N) is 2. The quantitative estimate of drug-likeness (QED) is 0.328. The van der Waals surface area contributed by atoms with Crippen LogP contribution in [-0.4, -0.2) is 73.3 Å². The lowest BCUT2D eigenvalue weighted by molar-refractivity contribution is -0.256. The highest BCUT2D eigenvalue weighted by molar-refractivity contribution is 6.23. The van der Waals surface area contributed by atoms with E-state index in [-0.39, 0.29) is 17.7 Å². The van der Waals surface area contributed by atoms with Crippen LogP contribution in [0.15, 0.2) is 12.1 Å². The summed E-state index contributed by atoms with van der Waals surface area (Å²) in [6.45, 7) is 1.37. The fourth-order valence-corrected chi connectivity index (χ4v) is 3.53. The average molecular weight is 406 g/mol. The second-order valence-corrected chi connectivity index (χ2v) is 6.93. The van der Waals surface area contributed by atoms with Gasteiger partial charge >= 0.3 is 17.7 Å². The Morgan fingerprint density at radius 2 is 1.66 bits per heavy atom. The van der Waals surface area contributed by atoms with E-state index in [1.54, 1.807) is 0 Å².